The Hall–Kier alpha value is -0.420. The molecule has 0 aromatic carbocycles. The van der Waals surface area contributed by atoms with Crippen LogP contribution in [0.2, 0.25) is 4.34 Å². The number of thiazole rings is 1. The highest BCUT2D eigenvalue weighted by Crippen LogP contribution is 2.24. The van der Waals surface area contributed by atoms with Gasteiger partial charge >= 0.3 is 0 Å². The zero-order valence-corrected chi connectivity index (χ0v) is 11.3. The standard InChI is InChI=1S/C11H13ClN2S2/c1-8(9-4-11(12)16-5-9)13-3-2-10-6-15-7-14-10/h4-8,13H,2-3H2,1H3. The van der Waals surface area contributed by atoms with Crippen LogP contribution in [0.1, 0.15) is 24.2 Å². The third-order valence-corrected chi connectivity index (χ3v) is 4.15. The second-order valence-electron chi connectivity index (χ2n) is 3.59. The first-order valence-corrected chi connectivity index (χ1v) is 7.30. The van der Waals surface area contributed by atoms with E-state index in [1.54, 1.807) is 22.7 Å². The molecule has 0 aliphatic rings. The topological polar surface area (TPSA) is 24.9 Å². The molecular weight excluding hydrogens is 260 g/mol. The summed E-state index contributed by atoms with van der Waals surface area (Å²) in [6, 6.07) is 2.37. The Balaban J connectivity index is 1.78. The van der Waals surface area contributed by atoms with Crippen LogP contribution in [-0.2, 0) is 6.42 Å². The van der Waals surface area contributed by atoms with Crippen molar-refractivity contribution in [2.45, 2.75) is 19.4 Å². The lowest BCUT2D eigenvalue weighted by Gasteiger charge is -2.11. The lowest BCUT2D eigenvalue weighted by molar-refractivity contribution is 0.576. The highest BCUT2D eigenvalue weighted by molar-refractivity contribution is 7.14. The van der Waals surface area contributed by atoms with Gasteiger partial charge < -0.3 is 5.32 Å². The first-order chi connectivity index (χ1) is 7.75. The Morgan fingerprint density at radius 2 is 2.38 bits per heavy atom. The number of thiophene rings is 1. The first kappa shape index (κ1) is 12.0. The minimum absolute atomic E-state index is 0.349. The molecule has 1 N–H and O–H groups in total. The lowest BCUT2D eigenvalue weighted by atomic mass is 10.2. The van der Waals surface area contributed by atoms with Crippen LogP contribution in [-0.4, -0.2) is 11.5 Å². The van der Waals surface area contributed by atoms with Crippen molar-refractivity contribution in [2.24, 2.45) is 0 Å². The fourth-order valence-electron chi connectivity index (χ4n) is 1.45. The number of aromatic nitrogens is 1. The van der Waals surface area contributed by atoms with Crippen LogP contribution in [0.4, 0.5) is 0 Å². The molecule has 2 heterocycles. The summed E-state index contributed by atoms with van der Waals surface area (Å²) in [5.41, 5.74) is 4.29. The maximum Gasteiger partial charge on any atom is 0.0931 e. The minimum atomic E-state index is 0.349. The predicted octanol–water partition coefficient (Wildman–Crippen LogP) is 3.75. The van der Waals surface area contributed by atoms with Crippen molar-refractivity contribution < 1.29 is 0 Å². The number of halogens is 1. The molecule has 2 nitrogen and oxygen atoms in total. The number of hydrogen-bond donors (Lipinski definition) is 1. The number of hydrogen-bond acceptors (Lipinski definition) is 4. The zero-order chi connectivity index (χ0) is 11.4. The van der Waals surface area contributed by atoms with E-state index in [0.29, 0.717) is 6.04 Å². The van der Waals surface area contributed by atoms with E-state index in [2.05, 4.69) is 28.0 Å². The maximum atomic E-state index is 5.90. The van der Waals surface area contributed by atoms with E-state index in [9.17, 15) is 0 Å². The Morgan fingerprint density at radius 1 is 1.50 bits per heavy atom. The lowest BCUT2D eigenvalue weighted by Crippen LogP contribution is -2.20. The van der Waals surface area contributed by atoms with E-state index in [1.807, 2.05) is 11.6 Å². The molecule has 0 bridgehead atoms. The monoisotopic (exact) mass is 272 g/mol. The van der Waals surface area contributed by atoms with Gasteiger partial charge in [0.1, 0.15) is 0 Å². The van der Waals surface area contributed by atoms with Crippen LogP contribution in [0.3, 0.4) is 0 Å². The van der Waals surface area contributed by atoms with Gasteiger partial charge in [-0.1, -0.05) is 11.6 Å². The normalized spacial score (nSPS) is 12.9. The van der Waals surface area contributed by atoms with Crippen LogP contribution in [0, 0.1) is 0 Å². The molecule has 0 spiro atoms. The van der Waals surface area contributed by atoms with Crippen molar-refractivity contribution in [1.82, 2.24) is 10.3 Å². The molecule has 0 aliphatic carbocycles. The molecule has 86 valence electrons. The van der Waals surface area contributed by atoms with Gasteiger partial charge in [0, 0.05) is 24.4 Å². The van der Waals surface area contributed by atoms with E-state index in [1.165, 1.54) is 5.56 Å². The summed E-state index contributed by atoms with van der Waals surface area (Å²) in [5, 5.41) is 7.65. The quantitative estimate of drug-likeness (QED) is 0.897. The summed E-state index contributed by atoms with van der Waals surface area (Å²) >= 11 is 9.12. The third kappa shape index (κ3) is 3.28. The van der Waals surface area contributed by atoms with E-state index < -0.39 is 0 Å². The van der Waals surface area contributed by atoms with Gasteiger partial charge in [0.05, 0.1) is 15.5 Å². The summed E-state index contributed by atoms with van der Waals surface area (Å²) in [5.74, 6) is 0. The largest absolute Gasteiger partial charge is 0.310 e. The van der Waals surface area contributed by atoms with Gasteiger partial charge in [-0.3, -0.25) is 0 Å². The molecule has 2 aromatic heterocycles. The molecule has 1 unspecified atom stereocenters. The van der Waals surface area contributed by atoms with E-state index in [4.69, 9.17) is 11.6 Å². The smallest absolute Gasteiger partial charge is 0.0931 e. The molecular formula is C11H13ClN2S2. The molecule has 0 saturated carbocycles. The summed E-state index contributed by atoms with van der Waals surface area (Å²) in [4.78, 5) is 4.25. The first-order valence-electron chi connectivity index (χ1n) is 5.10. The second kappa shape index (κ2) is 5.77. The van der Waals surface area contributed by atoms with Crippen molar-refractivity contribution in [2.75, 3.05) is 6.54 Å². The van der Waals surface area contributed by atoms with Gasteiger partial charge in [0.25, 0.3) is 0 Å². The molecule has 0 radical (unpaired) electrons. The summed E-state index contributed by atoms with van der Waals surface area (Å²) < 4.78 is 0.850. The molecule has 5 heteroatoms. The summed E-state index contributed by atoms with van der Waals surface area (Å²) in [6.07, 6.45) is 0.978. The SMILES string of the molecule is CC(NCCc1cscn1)c1csc(Cl)c1. The van der Waals surface area contributed by atoms with Crippen molar-refractivity contribution in [3.63, 3.8) is 0 Å². The van der Waals surface area contributed by atoms with Crippen LogP contribution in [0.15, 0.2) is 22.3 Å². The minimum Gasteiger partial charge on any atom is -0.310 e. The van der Waals surface area contributed by atoms with Gasteiger partial charge in [-0.15, -0.1) is 22.7 Å². The van der Waals surface area contributed by atoms with Crippen molar-refractivity contribution in [3.05, 3.63) is 37.9 Å². The molecule has 0 saturated heterocycles. The van der Waals surface area contributed by atoms with Gasteiger partial charge in [0.2, 0.25) is 0 Å². The zero-order valence-electron chi connectivity index (χ0n) is 8.94. The molecule has 2 aromatic rings. The highest BCUT2D eigenvalue weighted by Gasteiger charge is 2.06. The predicted molar refractivity (Wildman–Crippen MR) is 71.6 cm³/mol. The highest BCUT2D eigenvalue weighted by atomic mass is 35.5. The second-order valence-corrected chi connectivity index (χ2v) is 5.85. The molecule has 1 atom stereocenters. The molecule has 2 rings (SSSR count). The van der Waals surface area contributed by atoms with Crippen molar-refractivity contribution >= 4 is 34.3 Å². The van der Waals surface area contributed by atoms with Gasteiger partial charge in [-0.2, -0.15) is 0 Å². The number of rotatable bonds is 5. The van der Waals surface area contributed by atoms with Gasteiger partial charge in [-0.25, -0.2) is 4.98 Å². The third-order valence-electron chi connectivity index (χ3n) is 2.40. The van der Waals surface area contributed by atoms with Gasteiger partial charge in [-0.05, 0) is 23.9 Å². The van der Waals surface area contributed by atoms with E-state index in [-0.39, 0.29) is 0 Å². The average Bonchev–Trinajstić information content (AvgIpc) is 2.89. The van der Waals surface area contributed by atoms with Crippen molar-refractivity contribution in [3.8, 4) is 0 Å². The van der Waals surface area contributed by atoms with E-state index in [0.717, 1.165) is 23.0 Å². The Bertz CT molecular complexity index is 425. The Labute approximate surface area is 108 Å². The fraction of sp³-hybridized carbons (Fsp3) is 0.364. The molecule has 0 aliphatic heterocycles. The summed E-state index contributed by atoms with van der Waals surface area (Å²) in [6.45, 7) is 3.10. The number of nitrogens with one attached hydrogen (secondary N) is 1. The Kier molecular flexibility index (Phi) is 4.35. The van der Waals surface area contributed by atoms with Crippen LogP contribution in [0.25, 0.3) is 0 Å². The van der Waals surface area contributed by atoms with Crippen LogP contribution in [0.5, 0.6) is 0 Å². The molecule has 0 fully saturated rings. The molecule has 16 heavy (non-hydrogen) atoms. The fourth-order valence-corrected chi connectivity index (χ4v) is 3.02. The average molecular weight is 273 g/mol. The van der Waals surface area contributed by atoms with Gasteiger partial charge in [0.15, 0.2) is 0 Å². The summed E-state index contributed by atoms with van der Waals surface area (Å²) in [7, 11) is 0. The van der Waals surface area contributed by atoms with Crippen LogP contribution < -0.4 is 5.32 Å². The maximum absolute atomic E-state index is 5.90. The Morgan fingerprint density at radius 3 is 3.00 bits per heavy atom. The number of nitrogens with zero attached hydrogens (tertiary/aromatic N) is 1. The van der Waals surface area contributed by atoms with E-state index >= 15 is 0 Å². The van der Waals surface area contributed by atoms with Crippen molar-refractivity contribution in [1.29, 1.82) is 0 Å². The molecule has 0 amide bonds. The van der Waals surface area contributed by atoms with Crippen LogP contribution >= 0.6 is 34.3 Å².